The number of likely N-dealkylation sites (N-methyl/N-ethyl adjacent to an activating group) is 1. The number of rotatable bonds is 0. The van der Waals surface area contributed by atoms with Gasteiger partial charge in [-0.3, -0.25) is 0 Å². The van der Waals surface area contributed by atoms with Crippen molar-refractivity contribution in [1.82, 2.24) is 4.90 Å². The summed E-state index contributed by atoms with van der Waals surface area (Å²) in [6.45, 7) is 2.36. The smallest absolute Gasteiger partial charge is 0.0234 e. The SMILES string of the molecule is CN1Cc2ccc(Br)cc2C2(CCC2)C1. The van der Waals surface area contributed by atoms with Crippen molar-refractivity contribution in [2.45, 2.75) is 31.2 Å². The fourth-order valence-corrected chi connectivity index (χ4v) is 3.52. The Bertz CT molecular complexity index is 396. The minimum absolute atomic E-state index is 0.492. The molecule has 3 rings (SSSR count). The van der Waals surface area contributed by atoms with E-state index >= 15 is 0 Å². The van der Waals surface area contributed by atoms with Crippen molar-refractivity contribution >= 4 is 15.9 Å². The molecule has 0 unspecified atom stereocenters. The molecule has 15 heavy (non-hydrogen) atoms. The molecular weight excluding hydrogens is 250 g/mol. The maximum atomic E-state index is 3.60. The summed E-state index contributed by atoms with van der Waals surface area (Å²) in [5, 5.41) is 0. The Morgan fingerprint density at radius 2 is 2.13 bits per heavy atom. The van der Waals surface area contributed by atoms with Crippen LogP contribution < -0.4 is 0 Å². The summed E-state index contributed by atoms with van der Waals surface area (Å²) in [6.07, 6.45) is 4.15. The first-order chi connectivity index (χ1) is 7.20. The van der Waals surface area contributed by atoms with E-state index in [-0.39, 0.29) is 0 Å². The third-order valence-corrected chi connectivity index (χ3v) is 4.46. The van der Waals surface area contributed by atoms with Crippen LogP contribution in [0, 0.1) is 0 Å². The second-order valence-corrected chi connectivity index (χ2v) is 6.02. The van der Waals surface area contributed by atoms with Crippen molar-refractivity contribution in [3.05, 3.63) is 33.8 Å². The molecule has 2 heteroatoms. The topological polar surface area (TPSA) is 3.24 Å². The van der Waals surface area contributed by atoms with Crippen LogP contribution >= 0.6 is 15.9 Å². The van der Waals surface area contributed by atoms with E-state index in [0.29, 0.717) is 5.41 Å². The molecule has 1 aliphatic carbocycles. The fourth-order valence-electron chi connectivity index (χ4n) is 3.16. The first-order valence-electron chi connectivity index (χ1n) is 5.67. The maximum Gasteiger partial charge on any atom is 0.0234 e. The van der Waals surface area contributed by atoms with Crippen LogP contribution in [0.5, 0.6) is 0 Å². The van der Waals surface area contributed by atoms with Gasteiger partial charge in [-0.05, 0) is 43.1 Å². The molecule has 0 radical (unpaired) electrons. The molecule has 1 saturated carbocycles. The quantitative estimate of drug-likeness (QED) is 0.696. The van der Waals surface area contributed by atoms with E-state index in [1.54, 1.807) is 5.56 Å². The second-order valence-electron chi connectivity index (χ2n) is 5.11. The number of benzene rings is 1. The molecule has 1 spiro atoms. The van der Waals surface area contributed by atoms with E-state index in [9.17, 15) is 0 Å². The normalized spacial score (nSPS) is 23.6. The second kappa shape index (κ2) is 3.33. The molecule has 1 fully saturated rings. The van der Waals surface area contributed by atoms with Gasteiger partial charge in [0.1, 0.15) is 0 Å². The standard InChI is InChI=1S/C13H16BrN/c1-15-8-10-3-4-11(14)7-12(10)13(9-15)5-2-6-13/h3-4,7H,2,5-6,8-9H2,1H3. The fraction of sp³-hybridized carbons (Fsp3) is 0.538. The molecular formula is C13H16BrN. The number of halogens is 1. The molecule has 1 aromatic carbocycles. The molecule has 0 bridgehead atoms. The Morgan fingerprint density at radius 3 is 2.80 bits per heavy atom. The van der Waals surface area contributed by atoms with Crippen molar-refractivity contribution in [2.75, 3.05) is 13.6 Å². The molecule has 0 saturated heterocycles. The molecule has 0 atom stereocenters. The van der Waals surface area contributed by atoms with Gasteiger partial charge in [-0.15, -0.1) is 0 Å². The summed E-state index contributed by atoms with van der Waals surface area (Å²) < 4.78 is 1.23. The number of fused-ring (bicyclic) bond motifs is 2. The van der Waals surface area contributed by atoms with Gasteiger partial charge in [0, 0.05) is 23.0 Å². The highest BCUT2D eigenvalue weighted by atomic mass is 79.9. The zero-order valence-electron chi connectivity index (χ0n) is 9.09. The van der Waals surface area contributed by atoms with Gasteiger partial charge in [0.25, 0.3) is 0 Å². The van der Waals surface area contributed by atoms with Crippen molar-refractivity contribution < 1.29 is 0 Å². The summed E-state index contributed by atoms with van der Waals surface area (Å²) in [6, 6.07) is 6.81. The van der Waals surface area contributed by atoms with Gasteiger partial charge in [0.05, 0.1) is 0 Å². The summed E-state index contributed by atoms with van der Waals surface area (Å²) in [5.41, 5.74) is 3.64. The largest absolute Gasteiger partial charge is 0.301 e. The third kappa shape index (κ3) is 1.46. The minimum atomic E-state index is 0.492. The minimum Gasteiger partial charge on any atom is -0.301 e. The van der Waals surface area contributed by atoms with Gasteiger partial charge in [0.15, 0.2) is 0 Å². The van der Waals surface area contributed by atoms with Gasteiger partial charge in [-0.1, -0.05) is 28.4 Å². The van der Waals surface area contributed by atoms with Crippen LogP contribution in [0.2, 0.25) is 0 Å². The predicted octanol–water partition coefficient (Wildman–Crippen LogP) is 3.32. The lowest BCUT2D eigenvalue weighted by molar-refractivity contribution is 0.135. The molecule has 0 aromatic heterocycles. The molecule has 80 valence electrons. The Kier molecular flexibility index (Phi) is 2.18. The highest BCUT2D eigenvalue weighted by molar-refractivity contribution is 9.10. The van der Waals surface area contributed by atoms with Crippen LogP contribution in [-0.4, -0.2) is 18.5 Å². The van der Waals surface area contributed by atoms with E-state index in [4.69, 9.17) is 0 Å². The average Bonchev–Trinajstić information content (AvgIpc) is 2.15. The third-order valence-electron chi connectivity index (χ3n) is 3.97. The van der Waals surface area contributed by atoms with Gasteiger partial charge in [-0.25, -0.2) is 0 Å². The van der Waals surface area contributed by atoms with Crippen LogP contribution in [0.25, 0.3) is 0 Å². The number of hydrogen-bond acceptors (Lipinski definition) is 1. The molecule has 1 nitrogen and oxygen atoms in total. The highest BCUT2D eigenvalue weighted by Crippen LogP contribution is 2.48. The van der Waals surface area contributed by atoms with E-state index < -0.39 is 0 Å². The van der Waals surface area contributed by atoms with Crippen LogP contribution in [0.3, 0.4) is 0 Å². The van der Waals surface area contributed by atoms with E-state index in [0.717, 1.165) is 6.54 Å². The monoisotopic (exact) mass is 265 g/mol. The zero-order valence-corrected chi connectivity index (χ0v) is 10.7. The lowest BCUT2D eigenvalue weighted by Gasteiger charge is -2.49. The van der Waals surface area contributed by atoms with Crippen molar-refractivity contribution in [3.63, 3.8) is 0 Å². The van der Waals surface area contributed by atoms with Gasteiger partial charge < -0.3 is 4.90 Å². The molecule has 1 aromatic rings. The predicted molar refractivity (Wildman–Crippen MR) is 66.0 cm³/mol. The lowest BCUT2D eigenvalue weighted by atomic mass is 9.62. The summed E-state index contributed by atoms with van der Waals surface area (Å²) in [4.78, 5) is 2.47. The molecule has 0 N–H and O–H groups in total. The van der Waals surface area contributed by atoms with Crippen LogP contribution in [0.15, 0.2) is 22.7 Å². The summed E-state index contributed by atoms with van der Waals surface area (Å²) in [7, 11) is 2.24. The van der Waals surface area contributed by atoms with Crippen molar-refractivity contribution in [3.8, 4) is 0 Å². The average molecular weight is 266 g/mol. The van der Waals surface area contributed by atoms with Gasteiger partial charge in [-0.2, -0.15) is 0 Å². The molecule has 0 amide bonds. The number of hydrogen-bond donors (Lipinski definition) is 0. The zero-order chi connectivity index (χ0) is 10.5. The Morgan fingerprint density at radius 1 is 1.33 bits per heavy atom. The Labute approximate surface area is 99.6 Å². The van der Waals surface area contributed by atoms with E-state index in [1.807, 2.05) is 0 Å². The summed E-state index contributed by atoms with van der Waals surface area (Å²) in [5.74, 6) is 0. The summed E-state index contributed by atoms with van der Waals surface area (Å²) >= 11 is 3.60. The van der Waals surface area contributed by atoms with Gasteiger partial charge in [0.2, 0.25) is 0 Å². The molecule has 1 heterocycles. The molecule has 2 aliphatic rings. The van der Waals surface area contributed by atoms with E-state index in [2.05, 4.69) is 46.1 Å². The Balaban J connectivity index is 2.11. The van der Waals surface area contributed by atoms with Crippen LogP contribution in [-0.2, 0) is 12.0 Å². The van der Waals surface area contributed by atoms with Crippen LogP contribution in [0.1, 0.15) is 30.4 Å². The first-order valence-corrected chi connectivity index (χ1v) is 6.46. The van der Waals surface area contributed by atoms with E-state index in [1.165, 1.54) is 35.8 Å². The highest BCUT2D eigenvalue weighted by Gasteiger charge is 2.43. The van der Waals surface area contributed by atoms with Gasteiger partial charge >= 0.3 is 0 Å². The van der Waals surface area contributed by atoms with Crippen molar-refractivity contribution in [2.24, 2.45) is 0 Å². The van der Waals surface area contributed by atoms with Crippen LogP contribution in [0.4, 0.5) is 0 Å². The molecule has 1 aliphatic heterocycles. The first kappa shape index (κ1) is 9.86. The number of nitrogens with zero attached hydrogens (tertiary/aromatic N) is 1. The maximum absolute atomic E-state index is 3.60. The Hall–Kier alpha value is -0.340. The van der Waals surface area contributed by atoms with Crippen molar-refractivity contribution in [1.29, 1.82) is 0 Å². The lowest BCUT2D eigenvalue weighted by Crippen LogP contribution is -2.48.